The Hall–Kier alpha value is -2.87. The molecule has 0 heterocycles. The molecule has 0 N–H and O–H groups in total. The zero-order valence-corrected chi connectivity index (χ0v) is 17.2. The fourth-order valence-corrected chi connectivity index (χ4v) is 4.11. The van der Waals surface area contributed by atoms with Crippen molar-refractivity contribution in [2.45, 2.75) is 45.4 Å². The lowest BCUT2D eigenvalue weighted by atomic mass is 9.79. The van der Waals surface area contributed by atoms with Crippen LogP contribution in [0.1, 0.15) is 60.0 Å². The fraction of sp³-hybridized carbons (Fsp3) is 0.296. The first-order valence-electron chi connectivity index (χ1n) is 10.6. The van der Waals surface area contributed by atoms with Crippen molar-refractivity contribution in [3.05, 3.63) is 89.5 Å². The highest BCUT2D eigenvalue weighted by Crippen LogP contribution is 2.36. The predicted molar refractivity (Wildman–Crippen MR) is 118 cm³/mol. The topological polar surface area (TPSA) is 26.3 Å². The summed E-state index contributed by atoms with van der Waals surface area (Å²) in [5.41, 5.74) is 5.46. The van der Waals surface area contributed by atoms with Crippen LogP contribution in [-0.4, -0.2) is 5.97 Å². The molecule has 1 aliphatic carbocycles. The van der Waals surface area contributed by atoms with E-state index in [1.807, 2.05) is 43.3 Å². The molecular formula is C27H28O2. The second-order valence-electron chi connectivity index (χ2n) is 8.36. The van der Waals surface area contributed by atoms with Crippen molar-refractivity contribution in [2.75, 3.05) is 0 Å². The summed E-state index contributed by atoms with van der Waals surface area (Å²) in [6.45, 7) is 4.36. The first kappa shape index (κ1) is 19.4. The first-order valence-corrected chi connectivity index (χ1v) is 10.6. The van der Waals surface area contributed by atoms with Gasteiger partial charge in [0.1, 0.15) is 5.75 Å². The Kier molecular flexibility index (Phi) is 5.80. The molecule has 0 aliphatic heterocycles. The molecule has 1 saturated carbocycles. The lowest BCUT2D eigenvalue weighted by Gasteiger charge is -2.26. The minimum atomic E-state index is -0.330. The molecule has 2 nitrogen and oxygen atoms in total. The molecule has 0 bridgehead atoms. The number of benzene rings is 3. The fourth-order valence-electron chi connectivity index (χ4n) is 4.11. The van der Waals surface area contributed by atoms with E-state index in [4.69, 9.17) is 4.74 Å². The summed E-state index contributed by atoms with van der Waals surface area (Å²) in [6, 6.07) is 24.1. The standard InChI is InChI=1S/C27H28O2/c1-19-3-7-21(8-4-19)22-11-13-23(14-12-22)24-15-17-26(18-16-24)29-27(28)25-9-5-20(2)6-10-25/h5-6,9-19,21H,3-4,7-8H2,1-2H3. The van der Waals surface area contributed by atoms with E-state index in [0.717, 1.165) is 17.0 Å². The molecule has 0 spiro atoms. The van der Waals surface area contributed by atoms with Gasteiger partial charge in [0.25, 0.3) is 0 Å². The number of ether oxygens (including phenoxy) is 1. The number of hydrogen-bond acceptors (Lipinski definition) is 2. The molecule has 0 unspecified atom stereocenters. The van der Waals surface area contributed by atoms with Gasteiger partial charge in [0.05, 0.1) is 5.56 Å². The summed E-state index contributed by atoms with van der Waals surface area (Å²) in [7, 11) is 0. The van der Waals surface area contributed by atoms with Crippen molar-refractivity contribution >= 4 is 5.97 Å². The molecule has 4 rings (SSSR count). The second kappa shape index (κ2) is 8.65. The van der Waals surface area contributed by atoms with Crippen LogP contribution in [0.2, 0.25) is 0 Å². The van der Waals surface area contributed by atoms with E-state index in [1.165, 1.54) is 36.8 Å². The van der Waals surface area contributed by atoms with Gasteiger partial charge < -0.3 is 4.74 Å². The molecular weight excluding hydrogens is 356 g/mol. The van der Waals surface area contributed by atoms with E-state index in [-0.39, 0.29) is 5.97 Å². The van der Waals surface area contributed by atoms with Crippen LogP contribution in [0, 0.1) is 12.8 Å². The normalized spacial score (nSPS) is 19.0. The zero-order chi connectivity index (χ0) is 20.2. The Bertz CT molecular complexity index is 945. The molecule has 2 heteroatoms. The van der Waals surface area contributed by atoms with Crippen molar-refractivity contribution in [1.29, 1.82) is 0 Å². The van der Waals surface area contributed by atoms with Gasteiger partial charge in [-0.15, -0.1) is 0 Å². The average molecular weight is 385 g/mol. The Morgan fingerprint density at radius 2 is 1.31 bits per heavy atom. The van der Waals surface area contributed by atoms with Crippen molar-refractivity contribution in [3.8, 4) is 16.9 Å². The van der Waals surface area contributed by atoms with Crippen LogP contribution in [0.3, 0.4) is 0 Å². The minimum Gasteiger partial charge on any atom is -0.423 e. The number of aryl methyl sites for hydroxylation is 1. The molecule has 0 aromatic heterocycles. The molecule has 1 aliphatic rings. The first-order chi connectivity index (χ1) is 14.1. The summed E-state index contributed by atoms with van der Waals surface area (Å²) in [5.74, 6) is 1.82. The third-order valence-corrected chi connectivity index (χ3v) is 6.08. The molecule has 148 valence electrons. The smallest absolute Gasteiger partial charge is 0.343 e. The van der Waals surface area contributed by atoms with E-state index < -0.39 is 0 Å². The van der Waals surface area contributed by atoms with Gasteiger partial charge in [-0.05, 0) is 72.6 Å². The lowest BCUT2D eigenvalue weighted by molar-refractivity contribution is 0.0735. The third-order valence-electron chi connectivity index (χ3n) is 6.08. The Morgan fingerprint density at radius 1 is 0.759 bits per heavy atom. The van der Waals surface area contributed by atoms with Gasteiger partial charge in [0, 0.05) is 0 Å². The summed E-state index contributed by atoms with van der Waals surface area (Å²) >= 11 is 0. The molecule has 0 radical (unpaired) electrons. The lowest BCUT2D eigenvalue weighted by Crippen LogP contribution is -2.10. The van der Waals surface area contributed by atoms with Gasteiger partial charge in [-0.1, -0.05) is 73.9 Å². The van der Waals surface area contributed by atoms with Gasteiger partial charge in [-0.3, -0.25) is 0 Å². The minimum absolute atomic E-state index is 0.330. The second-order valence-corrected chi connectivity index (χ2v) is 8.36. The third kappa shape index (κ3) is 4.76. The monoisotopic (exact) mass is 384 g/mol. The molecule has 3 aromatic carbocycles. The van der Waals surface area contributed by atoms with Crippen molar-refractivity contribution < 1.29 is 9.53 Å². The molecule has 0 saturated heterocycles. The number of carbonyl (C=O) groups is 1. The van der Waals surface area contributed by atoms with Gasteiger partial charge in [0.15, 0.2) is 0 Å². The summed E-state index contributed by atoms with van der Waals surface area (Å²) < 4.78 is 5.50. The van der Waals surface area contributed by atoms with Gasteiger partial charge in [0.2, 0.25) is 0 Å². The van der Waals surface area contributed by atoms with E-state index in [0.29, 0.717) is 17.2 Å². The van der Waals surface area contributed by atoms with Crippen molar-refractivity contribution in [1.82, 2.24) is 0 Å². The highest BCUT2D eigenvalue weighted by Gasteiger charge is 2.19. The zero-order valence-electron chi connectivity index (χ0n) is 17.2. The van der Waals surface area contributed by atoms with E-state index in [2.05, 4.69) is 31.2 Å². The highest BCUT2D eigenvalue weighted by molar-refractivity contribution is 5.91. The Balaban J connectivity index is 1.41. The Morgan fingerprint density at radius 3 is 1.90 bits per heavy atom. The van der Waals surface area contributed by atoms with E-state index >= 15 is 0 Å². The van der Waals surface area contributed by atoms with Crippen LogP contribution in [0.5, 0.6) is 5.75 Å². The quantitative estimate of drug-likeness (QED) is 0.352. The van der Waals surface area contributed by atoms with Crippen LogP contribution in [-0.2, 0) is 0 Å². The molecule has 0 atom stereocenters. The molecule has 1 fully saturated rings. The van der Waals surface area contributed by atoms with Gasteiger partial charge in [-0.2, -0.15) is 0 Å². The van der Waals surface area contributed by atoms with Gasteiger partial charge >= 0.3 is 5.97 Å². The maximum atomic E-state index is 12.3. The van der Waals surface area contributed by atoms with E-state index in [1.54, 1.807) is 12.1 Å². The van der Waals surface area contributed by atoms with E-state index in [9.17, 15) is 4.79 Å². The van der Waals surface area contributed by atoms with Crippen LogP contribution in [0.15, 0.2) is 72.8 Å². The van der Waals surface area contributed by atoms with Crippen LogP contribution in [0.25, 0.3) is 11.1 Å². The maximum absolute atomic E-state index is 12.3. The molecule has 3 aromatic rings. The maximum Gasteiger partial charge on any atom is 0.343 e. The number of esters is 1. The molecule has 29 heavy (non-hydrogen) atoms. The summed E-state index contributed by atoms with van der Waals surface area (Å²) in [5, 5.41) is 0. The predicted octanol–water partition coefficient (Wildman–Crippen LogP) is 7.17. The number of carbonyl (C=O) groups excluding carboxylic acids is 1. The summed E-state index contributed by atoms with van der Waals surface area (Å²) in [6.07, 6.45) is 5.30. The Labute approximate surface area is 173 Å². The SMILES string of the molecule is Cc1ccc(C(=O)Oc2ccc(-c3ccc(C4CCC(C)CC4)cc3)cc2)cc1. The number of rotatable bonds is 4. The van der Waals surface area contributed by atoms with Crippen molar-refractivity contribution in [2.24, 2.45) is 5.92 Å². The van der Waals surface area contributed by atoms with Gasteiger partial charge in [-0.25, -0.2) is 4.79 Å². The van der Waals surface area contributed by atoms with Crippen LogP contribution >= 0.6 is 0 Å². The van der Waals surface area contributed by atoms with Crippen molar-refractivity contribution in [3.63, 3.8) is 0 Å². The summed E-state index contributed by atoms with van der Waals surface area (Å²) in [4.78, 5) is 12.3. The molecule has 0 amide bonds. The number of hydrogen-bond donors (Lipinski definition) is 0. The highest BCUT2D eigenvalue weighted by atomic mass is 16.5. The van der Waals surface area contributed by atoms with Crippen LogP contribution in [0.4, 0.5) is 0 Å². The average Bonchev–Trinajstić information content (AvgIpc) is 2.75. The largest absolute Gasteiger partial charge is 0.423 e. The van der Waals surface area contributed by atoms with Crippen LogP contribution < -0.4 is 4.74 Å².